The summed E-state index contributed by atoms with van der Waals surface area (Å²) in [6.07, 6.45) is -0.715. The molecule has 2 rings (SSSR count). The maximum Gasteiger partial charge on any atom is 0.387 e. The highest BCUT2D eigenvalue weighted by molar-refractivity contribution is 9.10. The van der Waals surface area contributed by atoms with Gasteiger partial charge in [0.25, 0.3) is 5.91 Å². The van der Waals surface area contributed by atoms with Crippen molar-refractivity contribution in [3.05, 3.63) is 53.0 Å². The van der Waals surface area contributed by atoms with Crippen LogP contribution in [0.25, 0.3) is 0 Å². The van der Waals surface area contributed by atoms with Crippen molar-refractivity contribution < 1.29 is 23.0 Å². The molecule has 1 N–H and O–H groups in total. The lowest BCUT2D eigenvalue weighted by molar-refractivity contribution is -0.122. The van der Waals surface area contributed by atoms with E-state index in [2.05, 4.69) is 26.0 Å². The summed E-state index contributed by atoms with van der Waals surface area (Å²) in [5, 5.41) is 2.64. The maximum atomic E-state index is 12.1. The molecular weight excluding hydrogens is 372 g/mol. The second-order valence-corrected chi connectivity index (χ2v) is 5.52. The number of alkyl halides is 2. The van der Waals surface area contributed by atoms with Crippen molar-refractivity contribution in [1.29, 1.82) is 0 Å². The highest BCUT2D eigenvalue weighted by atomic mass is 79.9. The summed E-state index contributed by atoms with van der Waals surface area (Å²) in [7, 11) is 0. The lowest BCUT2D eigenvalue weighted by Crippen LogP contribution is -2.30. The van der Waals surface area contributed by atoms with Gasteiger partial charge in [0, 0.05) is 10.2 Å². The molecule has 7 heteroatoms. The van der Waals surface area contributed by atoms with E-state index in [1.807, 2.05) is 12.1 Å². The molecule has 0 aromatic heterocycles. The Morgan fingerprint density at radius 2 is 1.52 bits per heavy atom. The molecular formula is C16H14BrF2NO3. The van der Waals surface area contributed by atoms with Crippen molar-refractivity contribution in [3.8, 4) is 11.5 Å². The smallest absolute Gasteiger partial charge is 0.387 e. The van der Waals surface area contributed by atoms with E-state index in [1.165, 1.54) is 24.3 Å². The SMILES string of the molecule is CC(Oc1ccc(Br)cc1)C(=O)Nc1ccc(OC(F)F)cc1. The molecule has 23 heavy (non-hydrogen) atoms. The minimum Gasteiger partial charge on any atom is -0.481 e. The molecule has 0 aliphatic rings. The second kappa shape index (κ2) is 7.92. The Morgan fingerprint density at radius 3 is 2.09 bits per heavy atom. The normalized spacial score (nSPS) is 11.9. The number of amides is 1. The first kappa shape index (κ1) is 17.2. The fourth-order valence-corrected chi connectivity index (χ4v) is 2.00. The van der Waals surface area contributed by atoms with Gasteiger partial charge in [0.15, 0.2) is 6.10 Å². The van der Waals surface area contributed by atoms with Crippen LogP contribution in [-0.4, -0.2) is 18.6 Å². The van der Waals surface area contributed by atoms with E-state index in [1.54, 1.807) is 19.1 Å². The molecule has 0 bridgehead atoms. The van der Waals surface area contributed by atoms with Crippen molar-refractivity contribution in [3.63, 3.8) is 0 Å². The largest absolute Gasteiger partial charge is 0.481 e. The predicted octanol–water partition coefficient (Wildman–Crippen LogP) is 4.46. The number of nitrogens with one attached hydrogen (secondary N) is 1. The number of halogens is 3. The monoisotopic (exact) mass is 385 g/mol. The van der Waals surface area contributed by atoms with Gasteiger partial charge in [0.1, 0.15) is 11.5 Å². The number of hydrogen-bond donors (Lipinski definition) is 1. The van der Waals surface area contributed by atoms with Gasteiger partial charge in [0.05, 0.1) is 0 Å². The number of anilines is 1. The Morgan fingerprint density at radius 1 is 1.00 bits per heavy atom. The Bertz CT molecular complexity index is 647. The summed E-state index contributed by atoms with van der Waals surface area (Å²) in [6, 6.07) is 12.7. The van der Waals surface area contributed by atoms with Gasteiger partial charge in [-0.3, -0.25) is 4.79 Å². The molecule has 0 heterocycles. The number of hydrogen-bond acceptors (Lipinski definition) is 3. The van der Waals surface area contributed by atoms with Crippen LogP contribution in [0, 0.1) is 0 Å². The first-order valence-corrected chi connectivity index (χ1v) is 7.51. The van der Waals surface area contributed by atoms with Gasteiger partial charge in [-0.15, -0.1) is 0 Å². The topological polar surface area (TPSA) is 47.6 Å². The van der Waals surface area contributed by atoms with E-state index in [9.17, 15) is 13.6 Å². The molecule has 1 amide bonds. The number of carbonyl (C=O) groups excluding carboxylic acids is 1. The highest BCUT2D eigenvalue weighted by Gasteiger charge is 2.15. The van der Waals surface area contributed by atoms with Crippen LogP contribution in [0.5, 0.6) is 11.5 Å². The van der Waals surface area contributed by atoms with Crippen molar-refractivity contribution in [2.24, 2.45) is 0 Å². The average molecular weight is 386 g/mol. The molecule has 122 valence electrons. The number of benzene rings is 2. The minimum atomic E-state index is -2.88. The summed E-state index contributed by atoms with van der Waals surface area (Å²) < 4.78 is 34.8. The van der Waals surface area contributed by atoms with Crippen LogP contribution in [0.4, 0.5) is 14.5 Å². The summed E-state index contributed by atoms with van der Waals surface area (Å²) in [5.74, 6) is 0.240. The van der Waals surface area contributed by atoms with Crippen molar-refractivity contribution in [2.75, 3.05) is 5.32 Å². The molecule has 0 spiro atoms. The van der Waals surface area contributed by atoms with Crippen LogP contribution >= 0.6 is 15.9 Å². The molecule has 0 saturated carbocycles. The Kier molecular flexibility index (Phi) is 5.92. The summed E-state index contributed by atoms with van der Waals surface area (Å²) in [6.45, 7) is -1.26. The molecule has 2 aromatic carbocycles. The summed E-state index contributed by atoms with van der Waals surface area (Å²) in [4.78, 5) is 12.0. The molecule has 0 radical (unpaired) electrons. The van der Waals surface area contributed by atoms with Gasteiger partial charge in [-0.05, 0) is 55.5 Å². The maximum absolute atomic E-state index is 12.1. The van der Waals surface area contributed by atoms with Gasteiger partial charge in [0.2, 0.25) is 0 Å². The Labute approximate surface area is 140 Å². The van der Waals surface area contributed by atoms with Gasteiger partial charge in [-0.1, -0.05) is 15.9 Å². The molecule has 2 aromatic rings. The second-order valence-electron chi connectivity index (χ2n) is 4.61. The summed E-state index contributed by atoms with van der Waals surface area (Å²) >= 11 is 3.31. The minimum absolute atomic E-state index is 0.0251. The molecule has 1 unspecified atom stereocenters. The fourth-order valence-electron chi connectivity index (χ4n) is 1.73. The van der Waals surface area contributed by atoms with E-state index in [0.717, 1.165) is 4.47 Å². The van der Waals surface area contributed by atoms with Gasteiger partial charge >= 0.3 is 6.61 Å². The van der Waals surface area contributed by atoms with E-state index >= 15 is 0 Å². The molecule has 0 saturated heterocycles. The lowest BCUT2D eigenvalue weighted by Gasteiger charge is -2.15. The van der Waals surface area contributed by atoms with Crippen LogP contribution in [0.15, 0.2) is 53.0 Å². The molecule has 0 fully saturated rings. The zero-order chi connectivity index (χ0) is 16.8. The third-order valence-electron chi connectivity index (χ3n) is 2.84. The van der Waals surface area contributed by atoms with Crippen LogP contribution in [0.1, 0.15) is 6.92 Å². The van der Waals surface area contributed by atoms with Gasteiger partial charge < -0.3 is 14.8 Å². The predicted molar refractivity (Wildman–Crippen MR) is 85.9 cm³/mol. The first-order valence-electron chi connectivity index (χ1n) is 6.72. The Hall–Kier alpha value is -2.15. The highest BCUT2D eigenvalue weighted by Crippen LogP contribution is 2.19. The molecule has 4 nitrogen and oxygen atoms in total. The molecule has 1 atom stereocenters. The Balaban J connectivity index is 1.91. The van der Waals surface area contributed by atoms with E-state index in [4.69, 9.17) is 4.74 Å². The third kappa shape index (κ3) is 5.52. The number of carbonyl (C=O) groups is 1. The van der Waals surface area contributed by atoms with Crippen molar-refractivity contribution in [1.82, 2.24) is 0 Å². The first-order chi connectivity index (χ1) is 10.9. The van der Waals surface area contributed by atoms with Crippen LogP contribution in [0.3, 0.4) is 0 Å². The third-order valence-corrected chi connectivity index (χ3v) is 3.37. The van der Waals surface area contributed by atoms with E-state index in [-0.39, 0.29) is 11.7 Å². The lowest BCUT2D eigenvalue weighted by atomic mass is 10.2. The van der Waals surface area contributed by atoms with Crippen molar-refractivity contribution >= 4 is 27.5 Å². The van der Waals surface area contributed by atoms with Crippen LogP contribution < -0.4 is 14.8 Å². The number of ether oxygens (including phenoxy) is 2. The van der Waals surface area contributed by atoms with Crippen molar-refractivity contribution in [2.45, 2.75) is 19.6 Å². The van der Waals surface area contributed by atoms with E-state index < -0.39 is 12.7 Å². The average Bonchev–Trinajstić information content (AvgIpc) is 2.51. The van der Waals surface area contributed by atoms with Crippen LogP contribution in [0.2, 0.25) is 0 Å². The van der Waals surface area contributed by atoms with Gasteiger partial charge in [-0.25, -0.2) is 0 Å². The van der Waals surface area contributed by atoms with Gasteiger partial charge in [-0.2, -0.15) is 8.78 Å². The zero-order valence-electron chi connectivity index (χ0n) is 12.1. The quantitative estimate of drug-likeness (QED) is 0.798. The van der Waals surface area contributed by atoms with Crippen LogP contribution in [-0.2, 0) is 4.79 Å². The summed E-state index contributed by atoms with van der Waals surface area (Å²) in [5.41, 5.74) is 0.461. The molecule has 0 aliphatic heterocycles. The zero-order valence-corrected chi connectivity index (χ0v) is 13.7. The molecule has 0 aliphatic carbocycles. The van der Waals surface area contributed by atoms with E-state index in [0.29, 0.717) is 11.4 Å². The number of rotatable bonds is 6. The standard InChI is InChI=1S/C16H14BrF2NO3/c1-10(22-13-6-2-11(17)3-7-13)15(21)20-12-4-8-14(9-5-12)23-16(18)19/h2-10,16H,1H3,(H,20,21). The fraction of sp³-hybridized carbons (Fsp3) is 0.188.